The minimum atomic E-state index is -1.12. The molecule has 0 N–H and O–H groups in total. The van der Waals surface area contributed by atoms with Crippen LogP contribution in [-0.2, 0) is 0 Å². The molecule has 2 rings (SSSR count). The molecular formula is C15H8Cl2FNO. The number of nitrogens with zero attached hydrogens (tertiary/aromatic N) is 1. The zero-order valence-corrected chi connectivity index (χ0v) is 11.6. The molecule has 0 spiro atoms. The van der Waals surface area contributed by atoms with Crippen LogP contribution in [0.5, 0.6) is 0 Å². The van der Waals surface area contributed by atoms with Crippen LogP contribution in [0.25, 0.3) is 0 Å². The number of halogens is 3. The summed E-state index contributed by atoms with van der Waals surface area (Å²) in [6.07, 6.45) is 0. The zero-order chi connectivity index (χ0) is 14.7. The summed E-state index contributed by atoms with van der Waals surface area (Å²) in [6, 6.07) is 11.6. The summed E-state index contributed by atoms with van der Waals surface area (Å²) < 4.78 is 12.9. The Morgan fingerprint density at radius 3 is 2.15 bits per heavy atom. The summed E-state index contributed by atoms with van der Waals surface area (Å²) in [7, 11) is 0. The van der Waals surface area contributed by atoms with E-state index in [0.717, 1.165) is 12.1 Å². The first-order valence-corrected chi connectivity index (χ1v) is 6.43. The highest BCUT2D eigenvalue weighted by Gasteiger charge is 2.26. The van der Waals surface area contributed by atoms with Crippen molar-refractivity contribution >= 4 is 29.0 Å². The standard InChI is InChI=1S/C15H8Cl2FNO/c16-12-2-1-3-13(17)14(12)11(8-19)15(20)9-4-6-10(18)7-5-9/h1-7,11H. The molecule has 0 aromatic heterocycles. The van der Waals surface area contributed by atoms with Gasteiger partial charge in [-0.3, -0.25) is 4.79 Å². The second kappa shape index (κ2) is 6.04. The van der Waals surface area contributed by atoms with E-state index < -0.39 is 17.5 Å². The highest BCUT2D eigenvalue weighted by atomic mass is 35.5. The Balaban J connectivity index is 2.46. The predicted octanol–water partition coefficient (Wildman–Crippen LogP) is 4.62. The van der Waals surface area contributed by atoms with Crippen molar-refractivity contribution in [3.05, 3.63) is 69.5 Å². The average Bonchev–Trinajstić information content (AvgIpc) is 2.43. The van der Waals surface area contributed by atoms with Gasteiger partial charge in [0.2, 0.25) is 0 Å². The van der Waals surface area contributed by atoms with E-state index in [1.165, 1.54) is 12.1 Å². The average molecular weight is 308 g/mol. The second-order valence-electron chi connectivity index (χ2n) is 4.07. The van der Waals surface area contributed by atoms with E-state index in [9.17, 15) is 14.4 Å². The Morgan fingerprint density at radius 2 is 1.65 bits per heavy atom. The molecule has 1 unspecified atom stereocenters. The molecule has 0 aliphatic rings. The molecule has 0 aliphatic heterocycles. The van der Waals surface area contributed by atoms with Gasteiger partial charge < -0.3 is 0 Å². The molecule has 0 radical (unpaired) electrons. The number of benzene rings is 2. The van der Waals surface area contributed by atoms with Crippen LogP contribution in [0.1, 0.15) is 21.8 Å². The largest absolute Gasteiger partial charge is 0.292 e. The van der Waals surface area contributed by atoms with Gasteiger partial charge in [0, 0.05) is 21.2 Å². The molecule has 20 heavy (non-hydrogen) atoms. The molecule has 0 saturated heterocycles. The van der Waals surface area contributed by atoms with Gasteiger partial charge in [-0.1, -0.05) is 29.3 Å². The highest BCUT2D eigenvalue weighted by molar-refractivity contribution is 6.36. The Bertz CT molecular complexity index is 672. The van der Waals surface area contributed by atoms with Crippen molar-refractivity contribution in [3.63, 3.8) is 0 Å². The van der Waals surface area contributed by atoms with Crippen molar-refractivity contribution in [2.45, 2.75) is 5.92 Å². The Morgan fingerprint density at radius 1 is 1.10 bits per heavy atom. The van der Waals surface area contributed by atoms with Gasteiger partial charge in [0.05, 0.1) is 6.07 Å². The van der Waals surface area contributed by atoms with Gasteiger partial charge in [0.15, 0.2) is 5.78 Å². The summed E-state index contributed by atoms with van der Waals surface area (Å²) in [5, 5.41) is 9.75. The Hall–Kier alpha value is -1.89. The summed E-state index contributed by atoms with van der Waals surface area (Å²) in [5.74, 6) is -2.05. The lowest BCUT2D eigenvalue weighted by Crippen LogP contribution is -2.12. The van der Waals surface area contributed by atoms with Gasteiger partial charge in [0.25, 0.3) is 0 Å². The highest BCUT2D eigenvalue weighted by Crippen LogP contribution is 2.33. The number of ketones is 1. The van der Waals surface area contributed by atoms with Crippen molar-refractivity contribution in [1.82, 2.24) is 0 Å². The van der Waals surface area contributed by atoms with Crippen LogP contribution in [0.2, 0.25) is 10.0 Å². The summed E-state index contributed by atoms with van der Waals surface area (Å²) in [6.45, 7) is 0. The SMILES string of the molecule is N#CC(C(=O)c1ccc(F)cc1)c1c(Cl)cccc1Cl. The van der Waals surface area contributed by atoms with Gasteiger partial charge in [0.1, 0.15) is 11.7 Å². The lowest BCUT2D eigenvalue weighted by atomic mass is 9.91. The lowest BCUT2D eigenvalue weighted by molar-refractivity contribution is 0.0979. The van der Waals surface area contributed by atoms with E-state index in [-0.39, 0.29) is 21.2 Å². The van der Waals surface area contributed by atoms with Crippen LogP contribution in [0.3, 0.4) is 0 Å². The molecule has 2 aromatic rings. The summed E-state index contributed by atoms with van der Waals surface area (Å²) in [5.41, 5.74) is 0.501. The first kappa shape index (κ1) is 14.5. The summed E-state index contributed by atoms with van der Waals surface area (Å²) in [4.78, 5) is 12.3. The zero-order valence-electron chi connectivity index (χ0n) is 10.1. The molecule has 0 bridgehead atoms. The molecule has 1 atom stereocenters. The Kier molecular flexibility index (Phi) is 4.39. The minimum absolute atomic E-state index is 0.230. The van der Waals surface area contributed by atoms with Crippen LogP contribution < -0.4 is 0 Å². The maximum Gasteiger partial charge on any atom is 0.184 e. The quantitative estimate of drug-likeness (QED) is 0.776. The van der Waals surface area contributed by atoms with Crippen molar-refractivity contribution in [2.75, 3.05) is 0 Å². The number of hydrogen-bond donors (Lipinski definition) is 0. The molecule has 0 amide bonds. The first-order chi connectivity index (χ1) is 9.54. The molecule has 2 nitrogen and oxygen atoms in total. The molecule has 0 saturated carbocycles. The van der Waals surface area contributed by atoms with E-state index >= 15 is 0 Å². The molecule has 0 aliphatic carbocycles. The predicted molar refractivity (Wildman–Crippen MR) is 75.5 cm³/mol. The Labute approximate surface area is 125 Å². The molecule has 2 aromatic carbocycles. The maximum atomic E-state index is 12.9. The molecule has 5 heteroatoms. The van der Waals surface area contributed by atoms with Gasteiger partial charge in [-0.15, -0.1) is 0 Å². The number of carbonyl (C=O) groups excluding carboxylic acids is 1. The van der Waals surface area contributed by atoms with Crippen LogP contribution in [0.4, 0.5) is 4.39 Å². The van der Waals surface area contributed by atoms with Crippen LogP contribution >= 0.6 is 23.2 Å². The van der Waals surface area contributed by atoms with Crippen molar-refractivity contribution in [3.8, 4) is 6.07 Å². The van der Waals surface area contributed by atoms with E-state index in [2.05, 4.69) is 0 Å². The van der Waals surface area contributed by atoms with Gasteiger partial charge in [-0.2, -0.15) is 5.26 Å². The fraction of sp³-hybridized carbons (Fsp3) is 0.0667. The van der Waals surface area contributed by atoms with Gasteiger partial charge in [-0.05, 0) is 36.4 Å². The van der Waals surface area contributed by atoms with Crippen LogP contribution in [-0.4, -0.2) is 5.78 Å². The van der Waals surface area contributed by atoms with Gasteiger partial charge >= 0.3 is 0 Å². The maximum absolute atomic E-state index is 12.9. The van der Waals surface area contributed by atoms with E-state index in [1.54, 1.807) is 18.2 Å². The van der Waals surface area contributed by atoms with E-state index in [4.69, 9.17) is 23.2 Å². The molecule has 100 valence electrons. The topological polar surface area (TPSA) is 40.9 Å². The first-order valence-electron chi connectivity index (χ1n) is 5.68. The second-order valence-corrected chi connectivity index (χ2v) is 4.88. The fourth-order valence-corrected chi connectivity index (χ4v) is 2.44. The third-order valence-electron chi connectivity index (χ3n) is 2.81. The van der Waals surface area contributed by atoms with Gasteiger partial charge in [-0.25, -0.2) is 4.39 Å². The third kappa shape index (κ3) is 2.82. The monoisotopic (exact) mass is 307 g/mol. The molecular weight excluding hydrogens is 300 g/mol. The third-order valence-corrected chi connectivity index (χ3v) is 3.47. The number of carbonyl (C=O) groups is 1. The van der Waals surface area contributed by atoms with Crippen molar-refractivity contribution in [2.24, 2.45) is 0 Å². The van der Waals surface area contributed by atoms with Crippen LogP contribution in [0, 0.1) is 17.1 Å². The van der Waals surface area contributed by atoms with Crippen LogP contribution in [0.15, 0.2) is 42.5 Å². The minimum Gasteiger partial charge on any atom is -0.292 e. The molecule has 0 heterocycles. The summed E-state index contributed by atoms with van der Waals surface area (Å²) >= 11 is 12.0. The number of nitriles is 1. The fourth-order valence-electron chi connectivity index (χ4n) is 1.82. The number of rotatable bonds is 3. The van der Waals surface area contributed by atoms with E-state index in [0.29, 0.717) is 0 Å². The normalized spacial score (nSPS) is 11.7. The molecule has 0 fully saturated rings. The van der Waals surface area contributed by atoms with Crippen molar-refractivity contribution in [1.29, 1.82) is 5.26 Å². The number of Topliss-reactive ketones (excluding diaryl/α,β-unsaturated/α-hetero) is 1. The smallest absolute Gasteiger partial charge is 0.184 e. The van der Waals surface area contributed by atoms with E-state index in [1.807, 2.05) is 6.07 Å². The lowest BCUT2D eigenvalue weighted by Gasteiger charge is -2.12. The van der Waals surface area contributed by atoms with Crippen molar-refractivity contribution < 1.29 is 9.18 Å². The number of hydrogen-bond acceptors (Lipinski definition) is 2.